The molecule has 2 N–H and O–H groups in total. The van der Waals surface area contributed by atoms with Crippen molar-refractivity contribution >= 4 is 47.3 Å². The van der Waals surface area contributed by atoms with E-state index in [1.165, 1.54) is 135 Å². The Labute approximate surface area is 638 Å². The molecule has 0 aromatic rings. The molecule has 608 valence electrons. The molecule has 2 bridgehead atoms. The largest absolute Gasteiger partial charge is 0.462 e. The van der Waals surface area contributed by atoms with Gasteiger partial charge in [-0.2, -0.15) is 0 Å². The quantitative estimate of drug-likeness (QED) is 0.0188. The maximum Gasteiger partial charge on any atom is 0.329 e. The van der Waals surface area contributed by atoms with E-state index in [9.17, 15) is 48.6 Å². The molecule has 1 amide bonds. The van der Waals surface area contributed by atoms with E-state index in [0.717, 1.165) is 44.1 Å². The van der Waals surface area contributed by atoms with Crippen LogP contribution in [0.5, 0.6) is 0 Å². The summed E-state index contributed by atoms with van der Waals surface area (Å²) in [5.41, 5.74) is 1.51. The number of piperidine rings is 1. The number of hydrogen-bond acceptors (Lipinski definition) is 19. The molecule has 3 aliphatic heterocycles. The van der Waals surface area contributed by atoms with E-state index in [4.69, 9.17) is 42.6 Å². The Hall–Kier alpha value is -4.86. The van der Waals surface area contributed by atoms with E-state index in [-0.39, 0.29) is 94.3 Å². The molecule has 0 radical (unpaired) electrons. The molecule has 106 heavy (non-hydrogen) atoms. The smallest absolute Gasteiger partial charge is 0.329 e. The summed E-state index contributed by atoms with van der Waals surface area (Å²) in [4.78, 5) is 112. The van der Waals surface area contributed by atoms with E-state index >= 15 is 0 Å². The first-order chi connectivity index (χ1) is 51.0. The number of aliphatic hydroxyl groups is 2. The molecule has 1 aliphatic carbocycles. The maximum absolute atomic E-state index is 14.8. The highest BCUT2D eigenvalue weighted by atomic mass is 16.7. The van der Waals surface area contributed by atoms with Crippen molar-refractivity contribution in [2.24, 2.45) is 29.6 Å². The van der Waals surface area contributed by atoms with E-state index in [1.807, 2.05) is 26.0 Å². The van der Waals surface area contributed by atoms with Crippen LogP contribution in [0, 0.1) is 29.6 Å². The summed E-state index contributed by atoms with van der Waals surface area (Å²) < 4.78 is 53.6. The second-order valence-corrected chi connectivity index (χ2v) is 31.8. The molecule has 1 unspecified atom stereocenters. The Morgan fingerprint density at radius 3 is 1.60 bits per heavy atom. The van der Waals surface area contributed by atoms with Crippen LogP contribution in [0.3, 0.4) is 0 Å². The summed E-state index contributed by atoms with van der Waals surface area (Å²) in [6, 6.07) is -1.22. The average molecular weight is 1500 g/mol. The van der Waals surface area contributed by atoms with E-state index in [1.54, 1.807) is 34.0 Å². The molecule has 0 spiro atoms. The number of hydrogen-bond donors (Lipinski definition) is 2. The molecule has 1 saturated carbocycles. The van der Waals surface area contributed by atoms with E-state index in [2.05, 4.69) is 20.4 Å². The lowest BCUT2D eigenvalue weighted by atomic mass is 9.81. The van der Waals surface area contributed by atoms with Crippen LogP contribution in [0.1, 0.15) is 331 Å². The van der Waals surface area contributed by atoms with Gasteiger partial charge in [0.2, 0.25) is 5.79 Å². The fourth-order valence-corrected chi connectivity index (χ4v) is 15.9. The molecular weight excluding hydrogens is 1350 g/mol. The Morgan fingerprint density at radius 2 is 1.09 bits per heavy atom. The van der Waals surface area contributed by atoms with Gasteiger partial charge in [0.15, 0.2) is 6.10 Å². The number of unbranched alkanes of at least 4 members (excludes halogenated alkanes) is 26. The van der Waals surface area contributed by atoms with Gasteiger partial charge in [-0.3, -0.25) is 33.6 Å². The van der Waals surface area contributed by atoms with Gasteiger partial charge in [-0.15, -0.1) is 6.58 Å². The number of Topliss-reactive ketones (excluding diaryl/α,β-unsaturated/α-hetero) is 2. The third kappa shape index (κ3) is 35.0. The average Bonchev–Trinajstić information content (AvgIpc) is 0.777. The molecule has 0 aromatic carbocycles. The number of rotatable bonds is 47. The van der Waals surface area contributed by atoms with Crippen LogP contribution in [0.4, 0.5) is 0 Å². The molecular formula is C86H145NO19. The van der Waals surface area contributed by atoms with Gasteiger partial charge in [-0.25, -0.2) is 4.79 Å². The Morgan fingerprint density at radius 1 is 0.613 bits per heavy atom. The van der Waals surface area contributed by atoms with Crippen molar-refractivity contribution < 1.29 is 91.2 Å². The Kier molecular flexibility index (Phi) is 47.5. The van der Waals surface area contributed by atoms with Gasteiger partial charge in [0.25, 0.3) is 11.7 Å². The highest BCUT2D eigenvalue weighted by molar-refractivity contribution is 6.39. The van der Waals surface area contributed by atoms with Crippen LogP contribution in [0.15, 0.2) is 36.0 Å². The summed E-state index contributed by atoms with van der Waals surface area (Å²) in [5.74, 6) is -10.1. The zero-order chi connectivity index (χ0) is 77.7. The van der Waals surface area contributed by atoms with Crippen molar-refractivity contribution in [3.8, 4) is 0 Å². The number of methoxy groups -OCH3 is 3. The van der Waals surface area contributed by atoms with E-state index in [0.29, 0.717) is 89.0 Å². The Balaban J connectivity index is 1.35. The van der Waals surface area contributed by atoms with Gasteiger partial charge in [0.1, 0.15) is 43.4 Å². The number of ether oxygens (including phenoxy) is 9. The standard InChI is InChI=1S/C86H145NO19/c1-12-15-17-19-21-23-25-27-29-31-33-35-38-46-77(90)101-60-69(61-102-78(91)47-39-36-34-32-30-28-26-24-22-20-18-16-13-2)103-79(92)48-40-37-41-49-80(93)104-73-51-50-67(58-74(73)98-9)56-64(6)81-66(8)71(88)59-72(89)68(44-14-3)54-62(4)53-63(5)55-75(99-10)82-76(100-11)57-65(7)86(97,106-82)83(94)84(95)87-52-43-42-45-70(87)85(96)105-81/h14,54,56,63,65-71,73-76,81-82,88,97H,3,12-13,15-53,55,57-61H2,1-2,4-11H3/b62-54+,64-56+/t63-,65+,66+,67?,68+,70-,71-,73+,74+,75-,76-,81+,82+,86+/m0/s1. The SMILES string of the molecule is C=CC[C@@H]1/C=C(\C)C[C@H](C)C[C@H](OC)[C@H]2O[C@@](O)(C(=O)C(=O)N3CCCC[C@H]3C(=O)O[C@H](/C(C)=C/C3CC[C@@H](OC(=O)CCCCCC(=O)OC(COC(=O)CCCCCCCCCCCCCCC)COC(=O)CCCCCCCCCCCCCCC)[C@H](OC)C3)[C@H](C)[C@@H](O)CC1=O)[C@H](C)C[C@@H]2OC. The van der Waals surface area contributed by atoms with Gasteiger partial charge in [0, 0.05) is 77.7 Å². The van der Waals surface area contributed by atoms with Crippen LogP contribution in [0.25, 0.3) is 0 Å². The fourth-order valence-electron chi connectivity index (χ4n) is 15.9. The summed E-state index contributed by atoms with van der Waals surface area (Å²) in [6.45, 7) is 17.1. The van der Waals surface area contributed by atoms with Crippen LogP contribution in [0.2, 0.25) is 0 Å². The van der Waals surface area contributed by atoms with Crippen molar-refractivity contribution in [2.75, 3.05) is 41.1 Å². The zero-order valence-corrected chi connectivity index (χ0v) is 67.5. The van der Waals surface area contributed by atoms with E-state index < -0.39 is 108 Å². The summed E-state index contributed by atoms with van der Waals surface area (Å²) in [7, 11) is 4.59. The molecule has 4 rings (SSSR count). The number of esters is 5. The zero-order valence-electron chi connectivity index (χ0n) is 67.5. The monoisotopic (exact) mass is 1500 g/mol. The minimum atomic E-state index is -2.57. The number of amides is 1. The topological polar surface area (TPSA) is 263 Å². The van der Waals surface area contributed by atoms with Crippen molar-refractivity contribution in [1.82, 2.24) is 4.90 Å². The summed E-state index contributed by atoms with van der Waals surface area (Å²) >= 11 is 0. The van der Waals surface area contributed by atoms with Crippen LogP contribution < -0.4 is 0 Å². The third-order valence-corrected chi connectivity index (χ3v) is 22.5. The number of carbonyl (C=O) groups is 8. The van der Waals surface area contributed by atoms with Gasteiger partial charge in [0.05, 0.1) is 24.4 Å². The van der Waals surface area contributed by atoms with Gasteiger partial charge in [-0.05, 0) is 121 Å². The second-order valence-electron chi connectivity index (χ2n) is 31.8. The number of nitrogens with zero attached hydrogens (tertiary/aromatic N) is 1. The predicted octanol–water partition coefficient (Wildman–Crippen LogP) is 17.1. The predicted molar refractivity (Wildman–Crippen MR) is 412 cm³/mol. The molecule has 3 fully saturated rings. The molecule has 14 atom stereocenters. The minimum absolute atomic E-state index is 0.0345. The Bertz CT molecular complexity index is 2580. The number of fused-ring (bicyclic) bond motifs is 3. The number of cyclic esters (lactones) is 1. The van der Waals surface area contributed by atoms with Crippen molar-refractivity contribution in [2.45, 2.75) is 392 Å². The number of allylic oxidation sites excluding steroid dienone is 4. The lowest BCUT2D eigenvalue weighted by molar-refractivity contribution is -0.302. The normalized spacial score (nSPS) is 27.3. The first kappa shape index (κ1) is 93.5. The molecule has 0 aromatic heterocycles. The van der Waals surface area contributed by atoms with Crippen LogP contribution >= 0.6 is 0 Å². The minimum Gasteiger partial charge on any atom is -0.462 e. The van der Waals surface area contributed by atoms with Gasteiger partial charge in [-0.1, -0.05) is 219 Å². The highest BCUT2D eigenvalue weighted by Crippen LogP contribution is 2.40. The molecule has 3 heterocycles. The summed E-state index contributed by atoms with van der Waals surface area (Å²) in [6.07, 6.45) is 35.9. The number of carbonyl (C=O) groups excluding carboxylic acids is 8. The molecule has 20 heteroatoms. The fraction of sp³-hybridized carbons (Fsp3) is 0.837. The molecule has 4 aliphatic rings. The molecule has 20 nitrogen and oxygen atoms in total. The lowest BCUT2D eigenvalue weighted by Crippen LogP contribution is -2.64. The van der Waals surface area contributed by atoms with Crippen molar-refractivity contribution in [1.29, 1.82) is 0 Å². The van der Waals surface area contributed by atoms with Gasteiger partial charge >= 0.3 is 29.8 Å². The number of aliphatic hydroxyl groups excluding tert-OH is 1. The molecule has 2 saturated heterocycles. The first-order valence-electron chi connectivity index (χ1n) is 42.0. The highest BCUT2D eigenvalue weighted by Gasteiger charge is 2.57. The van der Waals surface area contributed by atoms with Crippen molar-refractivity contribution in [3.05, 3.63) is 36.0 Å². The lowest BCUT2D eigenvalue weighted by Gasteiger charge is -2.47. The van der Waals surface area contributed by atoms with Crippen LogP contribution in [-0.4, -0.2) is 164 Å². The van der Waals surface area contributed by atoms with Crippen LogP contribution in [-0.2, 0) is 81.0 Å². The second kappa shape index (κ2) is 53.9. The van der Waals surface area contributed by atoms with Gasteiger partial charge < -0.3 is 57.7 Å². The number of ketones is 2. The summed E-state index contributed by atoms with van der Waals surface area (Å²) in [5, 5.41) is 24.3. The third-order valence-electron chi connectivity index (χ3n) is 22.5. The maximum atomic E-state index is 14.8. The van der Waals surface area contributed by atoms with Crippen molar-refractivity contribution in [3.63, 3.8) is 0 Å². The first-order valence-corrected chi connectivity index (χ1v) is 42.0.